The third-order valence-corrected chi connectivity index (χ3v) is 5.24. The fourth-order valence-corrected chi connectivity index (χ4v) is 3.91. The average Bonchev–Trinajstić information content (AvgIpc) is 2.30. The lowest BCUT2D eigenvalue weighted by Crippen LogP contribution is -2.20. The van der Waals surface area contributed by atoms with Gasteiger partial charge >= 0.3 is 0 Å². The Morgan fingerprint density at radius 3 is 2.20 bits per heavy atom. The minimum absolute atomic E-state index is 0.418. The largest absolute Gasteiger partial charge is 0.550 e. The first-order valence-electron chi connectivity index (χ1n) is 8.75. The van der Waals surface area contributed by atoms with Crippen molar-refractivity contribution in [2.75, 3.05) is 0 Å². The van der Waals surface area contributed by atoms with E-state index >= 15 is 0 Å². The van der Waals surface area contributed by atoms with Gasteiger partial charge in [0, 0.05) is 6.42 Å². The molecule has 0 fully saturated rings. The van der Waals surface area contributed by atoms with Crippen LogP contribution in [0.1, 0.15) is 78.6 Å². The van der Waals surface area contributed by atoms with Gasteiger partial charge < -0.3 is 4.43 Å². The molecular weight excluding hydrogens is 260 g/mol. The van der Waals surface area contributed by atoms with Gasteiger partial charge in [0.2, 0.25) is 9.04 Å². The maximum Gasteiger partial charge on any atom is 0.229 e. The second-order valence-corrected chi connectivity index (χ2v) is 10.1. The van der Waals surface area contributed by atoms with E-state index in [1.165, 1.54) is 63.5 Å². The second kappa shape index (κ2) is 8.91. The van der Waals surface area contributed by atoms with Crippen molar-refractivity contribution in [2.24, 2.45) is 11.3 Å². The molecule has 0 bridgehead atoms. The Hall–Kier alpha value is -0.243. The van der Waals surface area contributed by atoms with Gasteiger partial charge in [-0.1, -0.05) is 52.9 Å². The smallest absolute Gasteiger partial charge is 0.229 e. The van der Waals surface area contributed by atoms with Crippen LogP contribution in [0.2, 0.25) is 13.1 Å². The van der Waals surface area contributed by atoms with E-state index in [2.05, 4.69) is 39.9 Å². The van der Waals surface area contributed by atoms with Crippen LogP contribution in [0.15, 0.2) is 11.8 Å². The fourth-order valence-electron chi connectivity index (χ4n) is 3.09. The van der Waals surface area contributed by atoms with Crippen LogP contribution in [-0.4, -0.2) is 9.04 Å². The molecule has 0 amide bonds. The summed E-state index contributed by atoms with van der Waals surface area (Å²) in [5.41, 5.74) is 0.418. The van der Waals surface area contributed by atoms with Crippen molar-refractivity contribution in [1.82, 2.24) is 0 Å². The number of hydrogen-bond donors (Lipinski definition) is 0. The van der Waals surface area contributed by atoms with Crippen LogP contribution >= 0.6 is 0 Å². The van der Waals surface area contributed by atoms with Gasteiger partial charge in [-0.05, 0) is 49.8 Å². The Morgan fingerprint density at radius 2 is 1.60 bits per heavy atom. The summed E-state index contributed by atoms with van der Waals surface area (Å²) in [6.07, 6.45) is 14.6. The van der Waals surface area contributed by atoms with Crippen molar-refractivity contribution in [3.63, 3.8) is 0 Å². The van der Waals surface area contributed by atoms with Crippen molar-refractivity contribution in [1.29, 1.82) is 0 Å². The monoisotopic (exact) mass is 296 g/mol. The van der Waals surface area contributed by atoms with E-state index < -0.39 is 9.04 Å². The molecule has 1 atom stereocenters. The van der Waals surface area contributed by atoms with E-state index in [-0.39, 0.29) is 0 Å². The maximum absolute atomic E-state index is 6.16. The van der Waals surface area contributed by atoms with Crippen molar-refractivity contribution in [2.45, 2.75) is 91.7 Å². The minimum atomic E-state index is -0.955. The second-order valence-electron chi connectivity index (χ2n) is 7.80. The quantitative estimate of drug-likeness (QED) is 0.563. The highest BCUT2D eigenvalue weighted by atomic mass is 28.3. The molecular formula is C18H36OSi. The molecule has 2 heteroatoms. The molecule has 118 valence electrons. The van der Waals surface area contributed by atoms with E-state index in [9.17, 15) is 0 Å². The molecule has 0 N–H and O–H groups in total. The van der Waals surface area contributed by atoms with Gasteiger partial charge in [0.1, 0.15) is 0 Å². The predicted molar refractivity (Wildman–Crippen MR) is 92.5 cm³/mol. The molecule has 0 aromatic carbocycles. The average molecular weight is 297 g/mol. The van der Waals surface area contributed by atoms with Gasteiger partial charge in [-0.15, -0.1) is 0 Å². The summed E-state index contributed by atoms with van der Waals surface area (Å²) in [7, 11) is -0.955. The summed E-state index contributed by atoms with van der Waals surface area (Å²) >= 11 is 0. The lowest BCUT2D eigenvalue weighted by atomic mass is 9.75. The number of rotatable bonds is 2. The highest BCUT2D eigenvalue weighted by Gasteiger charge is 2.23. The summed E-state index contributed by atoms with van der Waals surface area (Å²) in [6.45, 7) is 11.7. The Bertz CT molecular complexity index is 288. The lowest BCUT2D eigenvalue weighted by molar-refractivity contribution is 0.219. The van der Waals surface area contributed by atoms with Crippen LogP contribution < -0.4 is 0 Å². The van der Waals surface area contributed by atoms with Crippen LogP contribution in [0.25, 0.3) is 0 Å². The van der Waals surface area contributed by atoms with E-state index in [1.807, 2.05) is 0 Å². The topological polar surface area (TPSA) is 9.23 Å². The Balaban J connectivity index is 2.71. The normalized spacial score (nSPS) is 26.3. The lowest BCUT2D eigenvalue weighted by Gasteiger charge is -2.30. The number of hydrogen-bond acceptors (Lipinski definition) is 1. The zero-order valence-corrected chi connectivity index (χ0v) is 15.7. The number of allylic oxidation sites excluding steroid dienone is 2. The Kier molecular flexibility index (Phi) is 7.94. The van der Waals surface area contributed by atoms with Crippen LogP contribution in [0.5, 0.6) is 0 Å². The summed E-state index contributed by atoms with van der Waals surface area (Å²) in [6, 6.07) is 0. The third kappa shape index (κ3) is 7.52. The van der Waals surface area contributed by atoms with Crippen molar-refractivity contribution in [3.8, 4) is 0 Å². The molecule has 1 unspecified atom stereocenters. The van der Waals surface area contributed by atoms with Gasteiger partial charge in [0.15, 0.2) is 0 Å². The Morgan fingerprint density at radius 1 is 1.00 bits per heavy atom. The predicted octanol–water partition coefficient (Wildman–Crippen LogP) is 6.06. The molecule has 1 aliphatic carbocycles. The molecule has 1 aliphatic rings. The zero-order valence-electron chi connectivity index (χ0n) is 14.5. The fraction of sp³-hybridized carbons (Fsp3) is 0.889. The first-order chi connectivity index (χ1) is 9.39. The van der Waals surface area contributed by atoms with Gasteiger partial charge in [0.25, 0.3) is 0 Å². The molecule has 20 heavy (non-hydrogen) atoms. The van der Waals surface area contributed by atoms with Gasteiger partial charge in [-0.2, -0.15) is 0 Å². The van der Waals surface area contributed by atoms with Gasteiger partial charge in [-0.3, -0.25) is 0 Å². The summed E-state index contributed by atoms with van der Waals surface area (Å²) in [5.74, 6) is 2.11. The molecule has 0 heterocycles. The molecule has 0 aromatic heterocycles. The minimum Gasteiger partial charge on any atom is -0.550 e. The van der Waals surface area contributed by atoms with Crippen LogP contribution in [0.4, 0.5) is 0 Å². The van der Waals surface area contributed by atoms with Crippen LogP contribution in [-0.2, 0) is 4.43 Å². The van der Waals surface area contributed by atoms with Gasteiger partial charge in [-0.25, -0.2) is 0 Å². The Labute approximate surface area is 128 Å². The third-order valence-electron chi connectivity index (χ3n) is 4.47. The van der Waals surface area contributed by atoms with E-state index in [1.54, 1.807) is 0 Å². The first-order valence-corrected chi connectivity index (χ1v) is 11.5. The molecule has 0 saturated carbocycles. The van der Waals surface area contributed by atoms with E-state index in [4.69, 9.17) is 4.43 Å². The maximum atomic E-state index is 6.16. The molecule has 1 nitrogen and oxygen atoms in total. The van der Waals surface area contributed by atoms with Crippen LogP contribution in [0, 0.1) is 11.3 Å². The summed E-state index contributed by atoms with van der Waals surface area (Å²) in [5, 5.41) is 0. The van der Waals surface area contributed by atoms with Gasteiger partial charge in [0.05, 0.1) is 5.76 Å². The highest BCUT2D eigenvalue weighted by molar-refractivity contribution is 6.48. The summed E-state index contributed by atoms with van der Waals surface area (Å²) in [4.78, 5) is 0. The standard InChI is InChI=1S/C18H36OSi/c1-18(2,3)16-12-10-8-6-7-9-11-13-17(15-14-16)19-20(4)5/h15-16,20H,6-14H2,1-5H3/b17-15-. The summed E-state index contributed by atoms with van der Waals surface area (Å²) < 4.78 is 6.16. The molecule has 0 spiro atoms. The van der Waals surface area contributed by atoms with Crippen LogP contribution in [0.3, 0.4) is 0 Å². The van der Waals surface area contributed by atoms with Crippen molar-refractivity contribution in [3.05, 3.63) is 11.8 Å². The molecule has 0 saturated heterocycles. The van der Waals surface area contributed by atoms with Crippen molar-refractivity contribution >= 4 is 9.04 Å². The molecule has 0 aromatic rings. The zero-order chi connectivity index (χ0) is 15.0. The van der Waals surface area contributed by atoms with E-state index in [0.29, 0.717) is 5.41 Å². The molecule has 0 radical (unpaired) electrons. The first kappa shape index (κ1) is 17.8. The van der Waals surface area contributed by atoms with Crippen molar-refractivity contribution < 1.29 is 4.43 Å². The highest BCUT2D eigenvalue weighted by Crippen LogP contribution is 2.34. The molecule has 0 aliphatic heterocycles. The molecule has 1 rings (SSSR count). The SMILES string of the molecule is C[SiH](C)O/C1=C\CC(C(C)(C)C)CCCCCCCC1. The van der Waals surface area contributed by atoms with E-state index in [0.717, 1.165) is 5.92 Å².